The molecule has 0 aliphatic carbocycles. The summed E-state index contributed by atoms with van der Waals surface area (Å²) >= 11 is 3.99. The van der Waals surface area contributed by atoms with E-state index in [1.54, 1.807) is 12.1 Å². The number of fused-ring (bicyclic) bond motifs is 1. The molecular weight excluding hydrogens is 184 g/mol. The summed E-state index contributed by atoms with van der Waals surface area (Å²) in [5.41, 5.74) is 1.80. The second-order valence-corrected chi connectivity index (χ2v) is 3.30. The van der Waals surface area contributed by atoms with Crippen LogP contribution in [0, 0.1) is 11.3 Å². The van der Waals surface area contributed by atoms with Crippen molar-refractivity contribution in [3.05, 3.63) is 34.9 Å². The number of hydrogen-bond acceptors (Lipinski definition) is 3. The smallest absolute Gasteiger partial charge is 0.265 e. The number of benzene rings is 1. The third-order valence-corrected chi connectivity index (χ3v) is 2.36. The predicted octanol–water partition coefficient (Wildman–Crippen LogP) is 1.36. The Kier molecular flexibility index (Phi) is 1.74. The summed E-state index contributed by atoms with van der Waals surface area (Å²) in [6.45, 7) is 0.479. The maximum absolute atomic E-state index is 11.5. The van der Waals surface area contributed by atoms with Crippen LogP contribution in [0.2, 0.25) is 0 Å². The van der Waals surface area contributed by atoms with E-state index in [0.717, 1.165) is 5.56 Å². The lowest BCUT2D eigenvalue weighted by atomic mass is 10.0. The number of thiol groups is 1. The average molecular weight is 190 g/mol. The van der Waals surface area contributed by atoms with Gasteiger partial charge in [-0.3, -0.25) is 9.10 Å². The first kappa shape index (κ1) is 8.14. The van der Waals surface area contributed by atoms with E-state index in [2.05, 4.69) is 12.8 Å². The van der Waals surface area contributed by atoms with Crippen molar-refractivity contribution in [1.82, 2.24) is 4.31 Å². The highest BCUT2D eigenvalue weighted by atomic mass is 32.1. The molecule has 1 aromatic rings. The van der Waals surface area contributed by atoms with Gasteiger partial charge in [-0.15, -0.1) is 0 Å². The first-order valence-corrected chi connectivity index (χ1v) is 4.17. The SMILES string of the molecule is N#Cc1cccc2c1C(=O)N(S)C2. The molecule has 1 amide bonds. The number of nitriles is 1. The molecule has 1 aliphatic heterocycles. The number of amides is 1. The predicted molar refractivity (Wildman–Crippen MR) is 50.0 cm³/mol. The Bertz CT molecular complexity index is 422. The van der Waals surface area contributed by atoms with Gasteiger partial charge in [-0.25, -0.2) is 0 Å². The van der Waals surface area contributed by atoms with Crippen LogP contribution in [0.1, 0.15) is 21.5 Å². The lowest BCUT2D eigenvalue weighted by Crippen LogP contribution is -2.12. The van der Waals surface area contributed by atoms with Crippen molar-refractivity contribution in [3.63, 3.8) is 0 Å². The molecule has 3 nitrogen and oxygen atoms in total. The fourth-order valence-electron chi connectivity index (χ4n) is 1.44. The highest BCUT2D eigenvalue weighted by Gasteiger charge is 2.27. The molecule has 2 rings (SSSR count). The Morgan fingerprint density at radius 2 is 2.31 bits per heavy atom. The maximum Gasteiger partial charge on any atom is 0.265 e. The molecule has 0 N–H and O–H groups in total. The third kappa shape index (κ3) is 1.09. The number of nitrogens with zero attached hydrogens (tertiary/aromatic N) is 2. The van der Waals surface area contributed by atoms with Crippen molar-refractivity contribution in [3.8, 4) is 6.07 Å². The molecule has 0 saturated heterocycles. The molecule has 0 bridgehead atoms. The topological polar surface area (TPSA) is 44.1 Å². The van der Waals surface area contributed by atoms with Gasteiger partial charge in [0.15, 0.2) is 0 Å². The minimum Gasteiger partial charge on any atom is -0.281 e. The summed E-state index contributed by atoms with van der Waals surface area (Å²) in [5.74, 6) is -0.185. The third-order valence-electron chi connectivity index (χ3n) is 2.04. The van der Waals surface area contributed by atoms with Crippen molar-refractivity contribution >= 4 is 18.7 Å². The van der Waals surface area contributed by atoms with Gasteiger partial charge in [0.1, 0.15) is 0 Å². The lowest BCUT2D eigenvalue weighted by molar-refractivity contribution is 0.0891. The average Bonchev–Trinajstić information content (AvgIpc) is 2.43. The van der Waals surface area contributed by atoms with Gasteiger partial charge in [0.2, 0.25) is 0 Å². The van der Waals surface area contributed by atoms with Crippen LogP contribution in [0.5, 0.6) is 0 Å². The molecule has 64 valence electrons. The van der Waals surface area contributed by atoms with Gasteiger partial charge in [0.05, 0.1) is 23.7 Å². The van der Waals surface area contributed by atoms with Gasteiger partial charge in [-0.1, -0.05) is 24.9 Å². The second-order valence-electron chi connectivity index (χ2n) is 2.81. The Morgan fingerprint density at radius 1 is 1.54 bits per heavy atom. The largest absolute Gasteiger partial charge is 0.281 e. The molecule has 0 fully saturated rings. The van der Waals surface area contributed by atoms with Crippen LogP contribution in [0.3, 0.4) is 0 Å². The normalized spacial score (nSPS) is 14.2. The van der Waals surface area contributed by atoms with Crippen LogP contribution < -0.4 is 0 Å². The molecule has 0 spiro atoms. The molecule has 0 aromatic heterocycles. The summed E-state index contributed by atoms with van der Waals surface area (Å²) in [4.78, 5) is 11.5. The number of carbonyl (C=O) groups excluding carboxylic acids is 1. The molecule has 1 heterocycles. The fourth-order valence-corrected chi connectivity index (χ4v) is 1.69. The van der Waals surface area contributed by atoms with Gasteiger partial charge in [0, 0.05) is 0 Å². The zero-order valence-corrected chi connectivity index (χ0v) is 7.58. The van der Waals surface area contributed by atoms with Crippen molar-refractivity contribution in [2.75, 3.05) is 0 Å². The number of rotatable bonds is 0. The van der Waals surface area contributed by atoms with Gasteiger partial charge < -0.3 is 0 Å². The molecule has 0 unspecified atom stereocenters. The van der Waals surface area contributed by atoms with Crippen molar-refractivity contribution in [1.29, 1.82) is 5.26 Å². The molecule has 1 aliphatic rings. The summed E-state index contributed by atoms with van der Waals surface area (Å²) in [7, 11) is 0. The highest BCUT2D eigenvalue weighted by molar-refractivity contribution is 7.78. The summed E-state index contributed by atoms with van der Waals surface area (Å²) in [5, 5.41) is 8.76. The van der Waals surface area contributed by atoms with E-state index in [0.29, 0.717) is 17.7 Å². The van der Waals surface area contributed by atoms with Gasteiger partial charge in [-0.2, -0.15) is 5.26 Å². The van der Waals surface area contributed by atoms with Crippen LogP contribution in [0.15, 0.2) is 18.2 Å². The Hall–Kier alpha value is -1.47. The first-order valence-electron chi connectivity index (χ1n) is 3.77. The number of hydrogen-bond donors (Lipinski definition) is 1. The molecular formula is C9H6N2OS. The van der Waals surface area contributed by atoms with E-state index in [9.17, 15) is 4.79 Å². The van der Waals surface area contributed by atoms with Gasteiger partial charge in [-0.05, 0) is 11.6 Å². The molecule has 1 aromatic carbocycles. The van der Waals surface area contributed by atoms with Crippen molar-refractivity contribution in [2.45, 2.75) is 6.54 Å². The minimum atomic E-state index is -0.185. The zero-order valence-electron chi connectivity index (χ0n) is 6.69. The standard InChI is InChI=1S/C9H6N2OS/c10-4-6-2-1-3-7-5-11(13)9(12)8(6)7/h1-3,13H,5H2. The van der Waals surface area contributed by atoms with E-state index in [4.69, 9.17) is 5.26 Å². The van der Waals surface area contributed by atoms with E-state index in [-0.39, 0.29) is 5.91 Å². The second kappa shape index (κ2) is 2.79. The quantitative estimate of drug-likeness (QED) is 0.628. The summed E-state index contributed by atoms with van der Waals surface area (Å²) < 4.78 is 1.31. The van der Waals surface area contributed by atoms with Crippen LogP contribution in [-0.4, -0.2) is 10.2 Å². The molecule has 0 radical (unpaired) electrons. The van der Waals surface area contributed by atoms with Crippen molar-refractivity contribution in [2.24, 2.45) is 0 Å². The fraction of sp³-hybridized carbons (Fsp3) is 0.111. The zero-order chi connectivity index (χ0) is 9.42. The Labute approximate surface area is 81.1 Å². The van der Waals surface area contributed by atoms with Crippen LogP contribution in [0.25, 0.3) is 0 Å². The maximum atomic E-state index is 11.5. The van der Waals surface area contributed by atoms with Crippen LogP contribution in [-0.2, 0) is 6.54 Å². The van der Waals surface area contributed by atoms with Crippen LogP contribution >= 0.6 is 12.8 Å². The van der Waals surface area contributed by atoms with E-state index >= 15 is 0 Å². The highest BCUT2D eigenvalue weighted by Crippen LogP contribution is 2.26. The van der Waals surface area contributed by atoms with Gasteiger partial charge >= 0.3 is 0 Å². The molecule has 0 saturated carbocycles. The van der Waals surface area contributed by atoms with E-state index in [1.165, 1.54) is 4.31 Å². The van der Waals surface area contributed by atoms with E-state index < -0.39 is 0 Å². The number of carbonyl (C=O) groups is 1. The van der Waals surface area contributed by atoms with E-state index in [1.807, 2.05) is 12.1 Å². The van der Waals surface area contributed by atoms with Crippen molar-refractivity contribution < 1.29 is 4.79 Å². The summed E-state index contributed by atoms with van der Waals surface area (Å²) in [6, 6.07) is 7.25. The van der Waals surface area contributed by atoms with Gasteiger partial charge in [0.25, 0.3) is 5.91 Å². The molecule has 0 atom stereocenters. The first-order chi connectivity index (χ1) is 6.24. The van der Waals surface area contributed by atoms with Crippen LogP contribution in [0.4, 0.5) is 0 Å². The lowest BCUT2D eigenvalue weighted by Gasteiger charge is -2.02. The Morgan fingerprint density at radius 3 is 3.00 bits per heavy atom. The minimum absolute atomic E-state index is 0.185. The molecule has 13 heavy (non-hydrogen) atoms. The summed E-state index contributed by atoms with van der Waals surface area (Å²) in [6.07, 6.45) is 0. The monoisotopic (exact) mass is 190 g/mol. The molecule has 4 heteroatoms. The Balaban J connectivity index is 2.66.